The molecule has 0 aliphatic carbocycles. The molecule has 5 rings (SSSR count). The molecule has 1 amide bonds. The number of hydrogen-bond donors (Lipinski definition) is 2. The van der Waals surface area contributed by atoms with Crippen LogP contribution in [0.5, 0.6) is 5.75 Å². The van der Waals surface area contributed by atoms with Crippen molar-refractivity contribution in [2.45, 2.75) is 6.54 Å². The highest BCUT2D eigenvalue weighted by Crippen LogP contribution is 2.29. The normalized spacial score (nSPS) is 14.0. The lowest BCUT2D eigenvalue weighted by molar-refractivity contribution is 0.0322. The number of rotatable bonds is 9. The molecule has 9 heteroatoms. The van der Waals surface area contributed by atoms with Crippen molar-refractivity contribution in [3.05, 3.63) is 83.7 Å². The lowest BCUT2D eigenvalue weighted by Gasteiger charge is -2.26. The quantitative estimate of drug-likeness (QED) is 0.332. The van der Waals surface area contributed by atoms with Crippen LogP contribution in [-0.4, -0.2) is 55.2 Å². The highest BCUT2D eigenvalue weighted by Gasteiger charge is 2.11. The van der Waals surface area contributed by atoms with E-state index >= 15 is 0 Å². The second kappa shape index (κ2) is 11.5. The molecule has 0 unspecified atom stereocenters. The Morgan fingerprint density at radius 1 is 1.08 bits per heavy atom. The molecule has 4 aromatic rings. The Bertz CT molecular complexity index is 1320. The van der Waals surface area contributed by atoms with E-state index in [0.717, 1.165) is 59.5 Å². The van der Waals surface area contributed by atoms with Gasteiger partial charge in [-0.15, -0.1) is 0 Å². The fourth-order valence-electron chi connectivity index (χ4n) is 3.93. The van der Waals surface area contributed by atoms with E-state index in [4.69, 9.17) is 9.47 Å². The van der Waals surface area contributed by atoms with Gasteiger partial charge in [0.15, 0.2) is 5.13 Å². The Morgan fingerprint density at radius 3 is 2.75 bits per heavy atom. The minimum atomic E-state index is -0.373. The smallest absolute Gasteiger partial charge is 0.255 e. The average Bonchev–Trinajstić information content (AvgIpc) is 3.31. The Balaban J connectivity index is 1.15. The molecule has 7 nitrogen and oxygen atoms in total. The third-order valence-electron chi connectivity index (χ3n) is 5.87. The van der Waals surface area contributed by atoms with Crippen LogP contribution in [0.25, 0.3) is 10.2 Å². The predicted molar refractivity (Wildman–Crippen MR) is 140 cm³/mol. The van der Waals surface area contributed by atoms with Gasteiger partial charge in [0.25, 0.3) is 5.91 Å². The number of halogens is 1. The van der Waals surface area contributed by atoms with Crippen molar-refractivity contribution in [3.63, 3.8) is 0 Å². The molecule has 1 saturated heterocycles. The topological polar surface area (TPSA) is 75.7 Å². The molecule has 1 aliphatic rings. The van der Waals surface area contributed by atoms with Crippen LogP contribution in [0.15, 0.2) is 66.7 Å². The van der Waals surface area contributed by atoms with Crippen LogP contribution >= 0.6 is 11.3 Å². The summed E-state index contributed by atoms with van der Waals surface area (Å²) in [5, 5.41) is 7.04. The van der Waals surface area contributed by atoms with Crippen LogP contribution in [0.1, 0.15) is 15.9 Å². The summed E-state index contributed by atoms with van der Waals surface area (Å²) in [6, 6.07) is 19.0. The number of aromatic nitrogens is 1. The average molecular weight is 507 g/mol. The third-order valence-corrected chi connectivity index (χ3v) is 6.85. The Morgan fingerprint density at radius 2 is 1.92 bits per heavy atom. The van der Waals surface area contributed by atoms with Crippen molar-refractivity contribution in [2.24, 2.45) is 0 Å². The van der Waals surface area contributed by atoms with E-state index in [2.05, 4.69) is 20.5 Å². The van der Waals surface area contributed by atoms with Gasteiger partial charge < -0.3 is 20.1 Å². The zero-order chi connectivity index (χ0) is 24.7. The summed E-state index contributed by atoms with van der Waals surface area (Å²) in [7, 11) is 0. The van der Waals surface area contributed by atoms with Gasteiger partial charge >= 0.3 is 0 Å². The number of carbonyl (C=O) groups is 1. The molecule has 2 heterocycles. The Labute approximate surface area is 212 Å². The van der Waals surface area contributed by atoms with Crippen LogP contribution < -0.4 is 15.4 Å². The monoisotopic (exact) mass is 506 g/mol. The second-order valence-corrected chi connectivity index (χ2v) is 9.50. The Kier molecular flexibility index (Phi) is 7.70. The van der Waals surface area contributed by atoms with Gasteiger partial charge in [-0.3, -0.25) is 9.69 Å². The van der Waals surface area contributed by atoms with E-state index in [-0.39, 0.29) is 11.7 Å². The number of ether oxygens (including phenoxy) is 2. The first kappa shape index (κ1) is 24.2. The van der Waals surface area contributed by atoms with Gasteiger partial charge in [0.1, 0.15) is 18.2 Å². The molecule has 36 heavy (non-hydrogen) atoms. The third kappa shape index (κ3) is 6.37. The summed E-state index contributed by atoms with van der Waals surface area (Å²) in [5.41, 5.74) is 2.99. The summed E-state index contributed by atoms with van der Waals surface area (Å²) < 4.78 is 25.5. The molecule has 0 bridgehead atoms. The lowest BCUT2D eigenvalue weighted by atomic mass is 10.1. The fourth-order valence-corrected chi connectivity index (χ4v) is 4.82. The lowest BCUT2D eigenvalue weighted by Crippen LogP contribution is -2.38. The Hall–Kier alpha value is -3.53. The number of morpholine rings is 1. The first-order valence-electron chi connectivity index (χ1n) is 11.9. The summed E-state index contributed by atoms with van der Waals surface area (Å²) in [6.07, 6.45) is 0. The molecule has 0 radical (unpaired) electrons. The molecular formula is C27H27FN4O3S. The largest absolute Gasteiger partial charge is 0.492 e. The molecule has 0 spiro atoms. The van der Waals surface area contributed by atoms with Gasteiger partial charge in [-0.2, -0.15) is 0 Å². The number of anilines is 2. The van der Waals surface area contributed by atoms with E-state index in [1.807, 2.05) is 42.5 Å². The molecule has 186 valence electrons. The van der Waals surface area contributed by atoms with Crippen molar-refractivity contribution in [2.75, 3.05) is 50.1 Å². The maximum absolute atomic E-state index is 13.1. The van der Waals surface area contributed by atoms with Gasteiger partial charge in [-0.1, -0.05) is 23.5 Å². The van der Waals surface area contributed by atoms with Crippen molar-refractivity contribution in [1.29, 1.82) is 0 Å². The van der Waals surface area contributed by atoms with Gasteiger partial charge in [-0.25, -0.2) is 9.37 Å². The van der Waals surface area contributed by atoms with Crippen molar-refractivity contribution >= 4 is 38.3 Å². The van der Waals surface area contributed by atoms with E-state index in [0.29, 0.717) is 24.4 Å². The number of nitrogens with zero attached hydrogens (tertiary/aromatic N) is 2. The van der Waals surface area contributed by atoms with Crippen LogP contribution in [0.2, 0.25) is 0 Å². The zero-order valence-electron chi connectivity index (χ0n) is 19.7. The first-order chi connectivity index (χ1) is 17.6. The van der Waals surface area contributed by atoms with E-state index < -0.39 is 0 Å². The van der Waals surface area contributed by atoms with Gasteiger partial charge in [0.2, 0.25) is 0 Å². The summed E-state index contributed by atoms with van der Waals surface area (Å²) in [4.78, 5) is 19.4. The molecule has 0 atom stereocenters. The summed E-state index contributed by atoms with van der Waals surface area (Å²) >= 11 is 1.58. The van der Waals surface area contributed by atoms with Crippen LogP contribution in [0.4, 0.5) is 15.2 Å². The van der Waals surface area contributed by atoms with Crippen LogP contribution in [0, 0.1) is 5.82 Å². The maximum Gasteiger partial charge on any atom is 0.255 e. The highest BCUT2D eigenvalue weighted by atomic mass is 32.1. The summed E-state index contributed by atoms with van der Waals surface area (Å²) in [5.74, 6) is 0.187. The molecule has 1 aromatic heterocycles. The van der Waals surface area contributed by atoms with Gasteiger partial charge in [0.05, 0.1) is 23.4 Å². The van der Waals surface area contributed by atoms with Gasteiger partial charge in [-0.05, 0) is 60.2 Å². The van der Waals surface area contributed by atoms with E-state index in [1.54, 1.807) is 11.3 Å². The molecule has 1 fully saturated rings. The first-order valence-corrected chi connectivity index (χ1v) is 12.7. The number of benzene rings is 3. The highest BCUT2D eigenvalue weighted by molar-refractivity contribution is 7.22. The zero-order valence-corrected chi connectivity index (χ0v) is 20.5. The molecule has 1 aliphatic heterocycles. The molecule has 3 aromatic carbocycles. The number of amides is 1. The van der Waals surface area contributed by atoms with Gasteiger partial charge in [0, 0.05) is 37.4 Å². The van der Waals surface area contributed by atoms with Crippen molar-refractivity contribution in [1.82, 2.24) is 9.88 Å². The fraction of sp³-hybridized carbons (Fsp3) is 0.259. The van der Waals surface area contributed by atoms with Crippen molar-refractivity contribution < 1.29 is 18.7 Å². The van der Waals surface area contributed by atoms with E-state index in [9.17, 15) is 9.18 Å². The summed E-state index contributed by atoms with van der Waals surface area (Å²) in [6.45, 7) is 5.58. The minimum Gasteiger partial charge on any atom is -0.492 e. The van der Waals surface area contributed by atoms with Crippen molar-refractivity contribution in [3.8, 4) is 5.75 Å². The van der Waals surface area contributed by atoms with Crippen LogP contribution in [-0.2, 0) is 11.3 Å². The number of hydrogen-bond acceptors (Lipinski definition) is 7. The molecule has 0 saturated carbocycles. The predicted octanol–water partition coefficient (Wildman–Crippen LogP) is 5.01. The SMILES string of the molecule is O=C(Nc1cccc(CNc2nc3ccc(OCCN4CCOCC4)cc3s2)c1)c1ccc(F)cc1. The minimum absolute atomic E-state index is 0.283. The second-order valence-electron chi connectivity index (χ2n) is 8.47. The van der Waals surface area contributed by atoms with E-state index in [1.165, 1.54) is 24.3 Å². The number of thiazole rings is 1. The standard InChI is InChI=1S/C27H27FN4O3S/c28-21-6-4-20(5-7-21)26(33)30-22-3-1-2-19(16-22)18-29-27-31-24-9-8-23(17-25(24)36-27)35-15-12-32-10-13-34-14-11-32/h1-9,16-17H,10-15,18H2,(H,29,31)(H,30,33). The van der Waals surface area contributed by atoms with Crippen LogP contribution in [0.3, 0.4) is 0 Å². The molecular weight excluding hydrogens is 479 g/mol. The number of nitrogens with one attached hydrogen (secondary N) is 2. The molecule has 2 N–H and O–H groups in total. The number of fused-ring (bicyclic) bond motifs is 1. The number of carbonyl (C=O) groups excluding carboxylic acids is 1. The maximum atomic E-state index is 13.1.